The summed E-state index contributed by atoms with van der Waals surface area (Å²) in [4.78, 5) is 12.4. The fourth-order valence-electron chi connectivity index (χ4n) is 2.86. The molecule has 2 unspecified atom stereocenters. The lowest BCUT2D eigenvalue weighted by molar-refractivity contribution is 0.0927. The van der Waals surface area contributed by atoms with E-state index in [9.17, 15) is 4.79 Å². The Morgan fingerprint density at radius 3 is 2.58 bits per heavy atom. The fraction of sp³-hybridized carbons (Fsp3) is 0.562. The van der Waals surface area contributed by atoms with Gasteiger partial charge in [0.2, 0.25) is 0 Å². The topological polar surface area (TPSA) is 41.1 Å². The first kappa shape index (κ1) is 14.1. The summed E-state index contributed by atoms with van der Waals surface area (Å²) in [7, 11) is 0. The molecule has 19 heavy (non-hydrogen) atoms. The van der Waals surface area contributed by atoms with Gasteiger partial charge in [-0.25, -0.2) is 0 Å². The molecule has 0 radical (unpaired) electrons. The molecule has 1 aliphatic heterocycles. The molecule has 1 heterocycles. The standard InChI is InChI=1S/C16H24N2O/c1-11-7-6-8-12(2)15(11)16(19)18-13(3)14-9-4-5-10-17-14/h6-8,13-14,17H,4-5,9-10H2,1-3H3,(H,18,19). The summed E-state index contributed by atoms with van der Waals surface area (Å²) in [5.41, 5.74) is 2.91. The number of hydrogen-bond donors (Lipinski definition) is 2. The highest BCUT2D eigenvalue weighted by Gasteiger charge is 2.22. The van der Waals surface area contributed by atoms with E-state index in [4.69, 9.17) is 0 Å². The molecule has 1 aromatic carbocycles. The molecular formula is C16H24N2O. The number of piperidine rings is 1. The third kappa shape index (κ3) is 3.35. The Morgan fingerprint density at radius 2 is 2.00 bits per heavy atom. The largest absolute Gasteiger partial charge is 0.348 e. The predicted octanol–water partition coefficient (Wildman–Crippen LogP) is 2.56. The molecule has 2 atom stereocenters. The first-order valence-electron chi connectivity index (χ1n) is 7.20. The maximum Gasteiger partial charge on any atom is 0.252 e. The summed E-state index contributed by atoms with van der Waals surface area (Å²) >= 11 is 0. The average Bonchev–Trinajstić information content (AvgIpc) is 2.39. The van der Waals surface area contributed by atoms with Crippen molar-refractivity contribution < 1.29 is 4.79 Å². The minimum atomic E-state index is 0.0514. The summed E-state index contributed by atoms with van der Waals surface area (Å²) in [6.07, 6.45) is 3.64. The Bertz CT molecular complexity index is 430. The summed E-state index contributed by atoms with van der Waals surface area (Å²) in [5, 5.41) is 6.64. The van der Waals surface area contributed by atoms with Gasteiger partial charge in [0.05, 0.1) is 0 Å². The van der Waals surface area contributed by atoms with Gasteiger partial charge in [0.1, 0.15) is 0 Å². The van der Waals surface area contributed by atoms with Gasteiger partial charge in [-0.1, -0.05) is 24.6 Å². The van der Waals surface area contributed by atoms with Crippen LogP contribution in [0.5, 0.6) is 0 Å². The van der Waals surface area contributed by atoms with E-state index >= 15 is 0 Å². The van der Waals surface area contributed by atoms with Crippen LogP contribution in [0.25, 0.3) is 0 Å². The van der Waals surface area contributed by atoms with E-state index in [1.807, 2.05) is 32.0 Å². The van der Waals surface area contributed by atoms with Crippen LogP contribution in [0.4, 0.5) is 0 Å². The second-order valence-corrected chi connectivity index (χ2v) is 5.59. The van der Waals surface area contributed by atoms with Crippen molar-refractivity contribution in [3.8, 4) is 0 Å². The summed E-state index contributed by atoms with van der Waals surface area (Å²) < 4.78 is 0. The van der Waals surface area contributed by atoms with E-state index in [1.165, 1.54) is 12.8 Å². The number of carbonyl (C=O) groups is 1. The minimum Gasteiger partial charge on any atom is -0.348 e. The van der Waals surface area contributed by atoms with Crippen molar-refractivity contribution in [3.63, 3.8) is 0 Å². The lowest BCUT2D eigenvalue weighted by atomic mass is 9.97. The summed E-state index contributed by atoms with van der Waals surface area (Å²) in [6, 6.07) is 6.55. The van der Waals surface area contributed by atoms with Crippen LogP contribution >= 0.6 is 0 Å². The fourth-order valence-corrected chi connectivity index (χ4v) is 2.86. The predicted molar refractivity (Wildman–Crippen MR) is 78.5 cm³/mol. The maximum absolute atomic E-state index is 12.4. The molecule has 0 aliphatic carbocycles. The van der Waals surface area contributed by atoms with Gasteiger partial charge in [-0.2, -0.15) is 0 Å². The zero-order valence-corrected chi connectivity index (χ0v) is 12.1. The Morgan fingerprint density at radius 1 is 1.32 bits per heavy atom. The minimum absolute atomic E-state index is 0.0514. The molecule has 1 aromatic rings. The molecule has 1 aliphatic rings. The first-order valence-corrected chi connectivity index (χ1v) is 7.20. The SMILES string of the molecule is Cc1cccc(C)c1C(=O)NC(C)C1CCCCN1. The highest BCUT2D eigenvalue weighted by Crippen LogP contribution is 2.15. The molecule has 2 rings (SSSR count). The number of nitrogens with one attached hydrogen (secondary N) is 2. The molecule has 0 saturated carbocycles. The summed E-state index contributed by atoms with van der Waals surface area (Å²) in [5.74, 6) is 0.0514. The second kappa shape index (κ2) is 6.20. The van der Waals surface area contributed by atoms with Gasteiger partial charge in [-0.3, -0.25) is 4.79 Å². The Balaban J connectivity index is 2.04. The van der Waals surface area contributed by atoms with Crippen LogP contribution < -0.4 is 10.6 Å². The molecule has 0 spiro atoms. The van der Waals surface area contributed by atoms with E-state index in [1.54, 1.807) is 0 Å². The molecule has 104 valence electrons. The van der Waals surface area contributed by atoms with Gasteiger partial charge in [0.15, 0.2) is 0 Å². The lowest BCUT2D eigenvalue weighted by Crippen LogP contribution is -2.50. The van der Waals surface area contributed by atoms with Gasteiger partial charge in [0.25, 0.3) is 5.91 Å². The van der Waals surface area contributed by atoms with Crippen LogP contribution in [0.1, 0.15) is 47.7 Å². The van der Waals surface area contributed by atoms with Crippen LogP contribution in [-0.4, -0.2) is 24.5 Å². The quantitative estimate of drug-likeness (QED) is 0.877. The van der Waals surface area contributed by atoms with Gasteiger partial charge in [-0.05, 0) is 51.3 Å². The monoisotopic (exact) mass is 260 g/mol. The van der Waals surface area contributed by atoms with Crippen molar-refractivity contribution >= 4 is 5.91 Å². The van der Waals surface area contributed by atoms with E-state index in [0.29, 0.717) is 6.04 Å². The zero-order chi connectivity index (χ0) is 13.8. The van der Waals surface area contributed by atoms with E-state index in [0.717, 1.165) is 29.7 Å². The Kier molecular flexibility index (Phi) is 4.59. The van der Waals surface area contributed by atoms with Crippen LogP contribution in [0, 0.1) is 13.8 Å². The van der Waals surface area contributed by atoms with Crippen molar-refractivity contribution in [2.75, 3.05) is 6.54 Å². The second-order valence-electron chi connectivity index (χ2n) is 5.59. The number of carbonyl (C=O) groups excluding carboxylic acids is 1. The third-order valence-electron chi connectivity index (χ3n) is 4.02. The number of rotatable bonds is 3. The number of aryl methyl sites for hydroxylation is 2. The van der Waals surface area contributed by atoms with Gasteiger partial charge in [0, 0.05) is 17.6 Å². The molecule has 0 bridgehead atoms. The van der Waals surface area contributed by atoms with Crippen molar-refractivity contribution in [1.82, 2.24) is 10.6 Å². The van der Waals surface area contributed by atoms with E-state index in [2.05, 4.69) is 17.6 Å². The van der Waals surface area contributed by atoms with Gasteiger partial charge < -0.3 is 10.6 Å². The smallest absolute Gasteiger partial charge is 0.252 e. The highest BCUT2D eigenvalue weighted by atomic mass is 16.1. The van der Waals surface area contributed by atoms with Crippen LogP contribution in [0.2, 0.25) is 0 Å². The lowest BCUT2D eigenvalue weighted by Gasteiger charge is -2.29. The molecule has 0 aromatic heterocycles. The Labute approximate surface area is 115 Å². The van der Waals surface area contributed by atoms with E-state index in [-0.39, 0.29) is 11.9 Å². The van der Waals surface area contributed by atoms with Gasteiger partial charge >= 0.3 is 0 Å². The Hall–Kier alpha value is -1.35. The average molecular weight is 260 g/mol. The molecule has 1 amide bonds. The number of amides is 1. The highest BCUT2D eigenvalue weighted by molar-refractivity contribution is 5.97. The molecule has 2 N–H and O–H groups in total. The maximum atomic E-state index is 12.4. The number of hydrogen-bond acceptors (Lipinski definition) is 2. The summed E-state index contributed by atoms with van der Waals surface area (Å²) in [6.45, 7) is 7.14. The normalized spacial score (nSPS) is 20.9. The molecule has 1 saturated heterocycles. The molecular weight excluding hydrogens is 236 g/mol. The first-order chi connectivity index (χ1) is 9.09. The zero-order valence-electron chi connectivity index (χ0n) is 12.1. The van der Waals surface area contributed by atoms with Gasteiger partial charge in [-0.15, -0.1) is 0 Å². The van der Waals surface area contributed by atoms with Crippen molar-refractivity contribution in [1.29, 1.82) is 0 Å². The molecule has 3 nitrogen and oxygen atoms in total. The van der Waals surface area contributed by atoms with Crippen LogP contribution in [0.15, 0.2) is 18.2 Å². The van der Waals surface area contributed by atoms with E-state index < -0.39 is 0 Å². The van der Waals surface area contributed by atoms with Crippen molar-refractivity contribution in [2.24, 2.45) is 0 Å². The van der Waals surface area contributed by atoms with Crippen molar-refractivity contribution in [3.05, 3.63) is 34.9 Å². The van der Waals surface area contributed by atoms with Crippen LogP contribution in [0.3, 0.4) is 0 Å². The van der Waals surface area contributed by atoms with Crippen molar-refractivity contribution in [2.45, 2.75) is 52.1 Å². The molecule has 1 fully saturated rings. The molecule has 3 heteroatoms. The third-order valence-corrected chi connectivity index (χ3v) is 4.02. The number of benzene rings is 1. The van der Waals surface area contributed by atoms with Crippen LogP contribution in [-0.2, 0) is 0 Å².